The predicted octanol–water partition coefficient (Wildman–Crippen LogP) is 2.79. The van der Waals surface area contributed by atoms with Gasteiger partial charge < -0.3 is 19.9 Å². The van der Waals surface area contributed by atoms with Gasteiger partial charge in [0.2, 0.25) is 0 Å². The number of hydrogen-bond acceptors (Lipinski definition) is 6. The molecule has 1 aliphatic heterocycles. The number of carbonyl (C=O) groups is 1. The summed E-state index contributed by atoms with van der Waals surface area (Å²) in [6.07, 6.45) is 0.143. The molecule has 0 radical (unpaired) electrons. The highest BCUT2D eigenvalue weighted by atomic mass is 16.5. The first-order valence-electron chi connectivity index (χ1n) is 9.44. The van der Waals surface area contributed by atoms with Crippen molar-refractivity contribution in [2.75, 3.05) is 38.0 Å². The van der Waals surface area contributed by atoms with Crippen molar-refractivity contribution in [3.05, 3.63) is 42.1 Å². The van der Waals surface area contributed by atoms with E-state index >= 15 is 0 Å². The van der Waals surface area contributed by atoms with Gasteiger partial charge in [-0.25, -0.2) is 0 Å². The molecule has 1 N–H and O–H groups in total. The molecule has 1 aromatic heterocycles. The molecule has 0 unspecified atom stereocenters. The summed E-state index contributed by atoms with van der Waals surface area (Å²) in [6, 6.07) is 11.2. The summed E-state index contributed by atoms with van der Waals surface area (Å²) in [5.41, 5.74) is 1.27. The van der Waals surface area contributed by atoms with E-state index in [0.29, 0.717) is 11.5 Å². The van der Waals surface area contributed by atoms with Crippen LogP contribution in [-0.4, -0.2) is 64.7 Å². The number of amides is 1. The second-order valence-corrected chi connectivity index (χ2v) is 6.85. The first-order chi connectivity index (χ1) is 13.0. The molecule has 1 amide bonds. The summed E-state index contributed by atoms with van der Waals surface area (Å²) >= 11 is 0. The smallest absolute Gasteiger partial charge is 0.274 e. The average Bonchev–Trinajstić information content (AvgIpc) is 2.69. The summed E-state index contributed by atoms with van der Waals surface area (Å²) in [4.78, 5) is 16.7. The van der Waals surface area contributed by atoms with Crippen molar-refractivity contribution in [3.63, 3.8) is 0 Å². The van der Waals surface area contributed by atoms with Gasteiger partial charge in [-0.2, -0.15) is 0 Å². The Labute approximate surface area is 160 Å². The monoisotopic (exact) mass is 369 g/mol. The van der Waals surface area contributed by atoms with E-state index in [1.807, 2.05) is 43.0 Å². The molecule has 0 atom stereocenters. The number of carbonyl (C=O) groups excluding carboxylic acids is 1. The zero-order valence-electron chi connectivity index (χ0n) is 16.2. The second-order valence-electron chi connectivity index (χ2n) is 6.85. The number of piperazine rings is 1. The van der Waals surface area contributed by atoms with Crippen LogP contribution in [0, 0.1) is 0 Å². The van der Waals surface area contributed by atoms with Crippen molar-refractivity contribution in [2.24, 2.45) is 0 Å². The minimum absolute atomic E-state index is 0.0556. The van der Waals surface area contributed by atoms with Crippen LogP contribution in [-0.2, 0) is 0 Å². The largest absolute Gasteiger partial charge is 0.491 e. The number of anilines is 2. The molecule has 1 aromatic carbocycles. The molecule has 0 bridgehead atoms. The molecule has 2 aromatic rings. The van der Waals surface area contributed by atoms with Gasteiger partial charge in [0.1, 0.15) is 5.75 Å². The molecule has 7 nitrogen and oxygen atoms in total. The molecule has 7 heteroatoms. The maximum Gasteiger partial charge on any atom is 0.274 e. The van der Waals surface area contributed by atoms with Gasteiger partial charge in [0.15, 0.2) is 11.5 Å². The molecule has 2 heterocycles. The highest BCUT2D eigenvalue weighted by Gasteiger charge is 2.22. The van der Waals surface area contributed by atoms with Crippen LogP contribution in [0.1, 0.15) is 31.3 Å². The van der Waals surface area contributed by atoms with Crippen molar-refractivity contribution in [3.8, 4) is 5.75 Å². The van der Waals surface area contributed by atoms with Crippen LogP contribution in [0.4, 0.5) is 11.5 Å². The number of aromatic nitrogens is 2. The Bertz CT molecular complexity index is 738. The maximum absolute atomic E-state index is 12.6. The van der Waals surface area contributed by atoms with Crippen molar-refractivity contribution in [2.45, 2.75) is 26.9 Å². The lowest BCUT2D eigenvalue weighted by molar-refractivity contribution is 0.0636. The van der Waals surface area contributed by atoms with Gasteiger partial charge in [0.25, 0.3) is 5.91 Å². The standard InChI is InChI=1S/C20H27N5O2/c1-4-24-11-13-25(14-12-24)20(26)18-9-10-19(23-22-18)21-16-5-7-17(8-6-16)27-15(2)3/h5-10,15H,4,11-14H2,1-3H3,(H,21,23). The fraction of sp³-hybridized carbons (Fsp3) is 0.450. The van der Waals surface area contributed by atoms with Gasteiger partial charge in [0.05, 0.1) is 6.10 Å². The molecule has 144 valence electrons. The quantitative estimate of drug-likeness (QED) is 0.844. The van der Waals surface area contributed by atoms with Crippen LogP contribution in [0.3, 0.4) is 0 Å². The Kier molecular flexibility index (Phi) is 6.24. The molecule has 0 saturated carbocycles. The first-order valence-corrected chi connectivity index (χ1v) is 9.44. The van der Waals surface area contributed by atoms with Gasteiger partial charge in [0, 0.05) is 31.9 Å². The van der Waals surface area contributed by atoms with E-state index in [1.165, 1.54) is 0 Å². The summed E-state index contributed by atoms with van der Waals surface area (Å²) in [5.74, 6) is 1.37. The lowest BCUT2D eigenvalue weighted by atomic mass is 10.2. The normalized spacial score (nSPS) is 15.0. The Hall–Kier alpha value is -2.67. The number of rotatable bonds is 6. The van der Waals surface area contributed by atoms with Crippen molar-refractivity contribution < 1.29 is 9.53 Å². The van der Waals surface area contributed by atoms with E-state index in [-0.39, 0.29) is 12.0 Å². The third kappa shape index (κ3) is 5.17. The van der Waals surface area contributed by atoms with Gasteiger partial charge >= 0.3 is 0 Å². The predicted molar refractivity (Wildman–Crippen MR) is 106 cm³/mol. The second kappa shape index (κ2) is 8.81. The van der Waals surface area contributed by atoms with Crippen LogP contribution in [0.2, 0.25) is 0 Å². The summed E-state index contributed by atoms with van der Waals surface area (Å²) in [7, 11) is 0. The Morgan fingerprint density at radius 3 is 2.33 bits per heavy atom. The lowest BCUT2D eigenvalue weighted by Gasteiger charge is -2.33. The first kappa shape index (κ1) is 19.1. The van der Waals surface area contributed by atoms with E-state index in [2.05, 4.69) is 27.3 Å². The summed E-state index contributed by atoms with van der Waals surface area (Å²) < 4.78 is 5.63. The molecule has 1 fully saturated rings. The van der Waals surface area contributed by atoms with E-state index in [1.54, 1.807) is 12.1 Å². The highest BCUT2D eigenvalue weighted by Crippen LogP contribution is 2.19. The Morgan fingerprint density at radius 1 is 1.07 bits per heavy atom. The van der Waals surface area contributed by atoms with Crippen molar-refractivity contribution in [1.29, 1.82) is 0 Å². The van der Waals surface area contributed by atoms with Gasteiger partial charge in [-0.1, -0.05) is 6.92 Å². The molecule has 3 rings (SSSR count). The lowest BCUT2D eigenvalue weighted by Crippen LogP contribution is -2.48. The average molecular weight is 369 g/mol. The minimum atomic E-state index is -0.0556. The van der Waals surface area contributed by atoms with E-state index in [9.17, 15) is 4.79 Å². The summed E-state index contributed by atoms with van der Waals surface area (Å²) in [5, 5.41) is 11.4. The topological polar surface area (TPSA) is 70.6 Å². The van der Waals surface area contributed by atoms with Gasteiger partial charge in [-0.05, 0) is 56.8 Å². The van der Waals surface area contributed by atoms with Crippen LogP contribution >= 0.6 is 0 Å². The van der Waals surface area contributed by atoms with Crippen LogP contribution in [0.25, 0.3) is 0 Å². The number of likely N-dealkylation sites (N-methyl/N-ethyl adjacent to an activating group) is 1. The zero-order chi connectivity index (χ0) is 19.2. The molecule has 27 heavy (non-hydrogen) atoms. The number of ether oxygens (including phenoxy) is 1. The number of benzene rings is 1. The number of nitrogens with zero attached hydrogens (tertiary/aromatic N) is 4. The molecule has 1 aliphatic rings. The van der Waals surface area contributed by atoms with Crippen LogP contribution in [0.5, 0.6) is 5.75 Å². The molecule has 1 saturated heterocycles. The number of hydrogen-bond donors (Lipinski definition) is 1. The summed E-state index contributed by atoms with van der Waals surface area (Å²) in [6.45, 7) is 10.4. The van der Waals surface area contributed by atoms with E-state index in [0.717, 1.165) is 44.2 Å². The van der Waals surface area contributed by atoms with Crippen LogP contribution < -0.4 is 10.1 Å². The molecular formula is C20H27N5O2. The van der Waals surface area contributed by atoms with Gasteiger partial charge in [-0.3, -0.25) is 4.79 Å². The fourth-order valence-corrected chi connectivity index (χ4v) is 2.98. The Balaban J connectivity index is 1.57. The third-order valence-electron chi connectivity index (χ3n) is 4.49. The van der Waals surface area contributed by atoms with Crippen molar-refractivity contribution in [1.82, 2.24) is 20.0 Å². The van der Waals surface area contributed by atoms with E-state index < -0.39 is 0 Å². The SMILES string of the molecule is CCN1CCN(C(=O)c2ccc(Nc3ccc(OC(C)C)cc3)nn2)CC1. The molecular weight excluding hydrogens is 342 g/mol. The zero-order valence-corrected chi connectivity index (χ0v) is 16.2. The fourth-order valence-electron chi connectivity index (χ4n) is 2.98. The van der Waals surface area contributed by atoms with Crippen LogP contribution in [0.15, 0.2) is 36.4 Å². The van der Waals surface area contributed by atoms with Gasteiger partial charge in [-0.15, -0.1) is 10.2 Å². The third-order valence-corrected chi connectivity index (χ3v) is 4.49. The minimum Gasteiger partial charge on any atom is -0.491 e. The van der Waals surface area contributed by atoms with Crippen molar-refractivity contribution >= 4 is 17.4 Å². The highest BCUT2D eigenvalue weighted by molar-refractivity contribution is 5.92. The molecule has 0 aliphatic carbocycles. The molecule has 0 spiro atoms. The van der Waals surface area contributed by atoms with E-state index in [4.69, 9.17) is 4.74 Å². The maximum atomic E-state index is 12.6. The number of nitrogens with one attached hydrogen (secondary N) is 1. The Morgan fingerprint density at radius 2 is 1.78 bits per heavy atom.